The van der Waals surface area contributed by atoms with Crippen LogP contribution >= 0.6 is 0 Å². The fourth-order valence-electron chi connectivity index (χ4n) is 4.89. The molecule has 0 radical (unpaired) electrons. The highest BCUT2D eigenvalue weighted by Crippen LogP contribution is 2.32. The van der Waals surface area contributed by atoms with Crippen LogP contribution in [0.4, 0.5) is 14.5 Å². The Labute approximate surface area is 285 Å². The van der Waals surface area contributed by atoms with Gasteiger partial charge in [-0.3, -0.25) is 9.69 Å². The minimum Gasteiger partial charge on any atom is -0.492 e. The summed E-state index contributed by atoms with van der Waals surface area (Å²) >= 11 is 0. The maximum atomic E-state index is 14.2. The first-order chi connectivity index (χ1) is 23.2. The van der Waals surface area contributed by atoms with E-state index in [2.05, 4.69) is 22.8 Å². The third kappa shape index (κ3) is 13.3. The fraction of sp³-hybridized carbons (Fsp3) is 0.325. The number of hydrogen-bond acceptors (Lipinski definition) is 5. The molecule has 6 nitrogen and oxygen atoms in total. The third-order valence-electron chi connectivity index (χ3n) is 6.95. The SMILES string of the molecule is C=C(C)/C=C(F)\C=C/C.C=CC.COC.O=C1c2ccc(-c3ccccc3F)cc2OCCN1c1ccc(OCCN2CCCC2)cc1. The van der Waals surface area contributed by atoms with Gasteiger partial charge in [0, 0.05) is 32.0 Å². The number of likely N-dealkylation sites (tertiary alicyclic amines) is 1. The summed E-state index contributed by atoms with van der Waals surface area (Å²) < 4.78 is 42.6. The molecule has 3 aromatic carbocycles. The Balaban J connectivity index is 0.000000451. The summed E-state index contributed by atoms with van der Waals surface area (Å²) in [6.45, 7) is 17.0. The van der Waals surface area contributed by atoms with Crippen LogP contribution in [0.15, 0.2) is 116 Å². The summed E-state index contributed by atoms with van der Waals surface area (Å²) in [5, 5.41) is 0. The number of carbonyl (C=O) groups excluding carboxylic acids is 1. The standard InChI is InChI=1S/C27H27FN2O3.C8H11F.C3H6.C2H6O/c28-25-6-2-1-5-23(25)20-7-12-24-26(19-20)33-18-16-30(27(24)31)21-8-10-22(11-9-21)32-17-15-29-13-3-4-14-29;1-4-5-8(9)6-7(2)3;2*1-3-2/h1-2,5-12,19H,3-4,13-18H2;4-6H,2H2,1,3H3;3H,1H2,2H3;1-2H3/b;5-4-,8-6+;;. The van der Waals surface area contributed by atoms with Gasteiger partial charge in [-0.25, -0.2) is 8.78 Å². The molecule has 0 unspecified atom stereocenters. The maximum absolute atomic E-state index is 14.2. The molecule has 0 bridgehead atoms. The van der Waals surface area contributed by atoms with E-state index < -0.39 is 0 Å². The largest absolute Gasteiger partial charge is 0.492 e. The van der Waals surface area contributed by atoms with Crippen molar-refractivity contribution in [2.75, 3.05) is 58.5 Å². The molecule has 0 N–H and O–H groups in total. The molecule has 8 heteroatoms. The van der Waals surface area contributed by atoms with Gasteiger partial charge in [0.1, 0.15) is 36.4 Å². The van der Waals surface area contributed by atoms with Gasteiger partial charge in [0.25, 0.3) is 5.91 Å². The molecule has 1 amide bonds. The lowest BCUT2D eigenvalue weighted by molar-refractivity contribution is 0.0990. The molecule has 2 aliphatic rings. The van der Waals surface area contributed by atoms with Gasteiger partial charge in [-0.15, -0.1) is 6.58 Å². The number of rotatable bonds is 8. The van der Waals surface area contributed by atoms with E-state index in [1.165, 1.54) is 31.1 Å². The molecule has 2 aliphatic heterocycles. The van der Waals surface area contributed by atoms with Crippen molar-refractivity contribution in [3.63, 3.8) is 0 Å². The monoisotopic (exact) mass is 660 g/mol. The molecule has 258 valence electrons. The van der Waals surface area contributed by atoms with Crippen LogP contribution in [0.25, 0.3) is 11.1 Å². The average Bonchev–Trinajstić information content (AvgIpc) is 3.52. The first kappa shape index (κ1) is 39.6. The third-order valence-corrected chi connectivity index (χ3v) is 6.95. The van der Waals surface area contributed by atoms with E-state index in [4.69, 9.17) is 9.47 Å². The van der Waals surface area contributed by atoms with Gasteiger partial charge in [0.2, 0.25) is 0 Å². The summed E-state index contributed by atoms with van der Waals surface area (Å²) in [5.41, 5.74) is 3.16. The highest BCUT2D eigenvalue weighted by molar-refractivity contribution is 6.08. The zero-order valence-electron chi connectivity index (χ0n) is 29.0. The van der Waals surface area contributed by atoms with Crippen LogP contribution in [0, 0.1) is 5.82 Å². The number of benzene rings is 3. The minimum atomic E-state index is -0.304. The number of fused-ring (bicyclic) bond motifs is 1. The van der Waals surface area contributed by atoms with Crippen LogP contribution in [0.1, 0.15) is 44.0 Å². The van der Waals surface area contributed by atoms with Crippen molar-refractivity contribution in [1.82, 2.24) is 4.90 Å². The number of methoxy groups -OCH3 is 1. The van der Waals surface area contributed by atoms with Crippen LogP contribution in [0.5, 0.6) is 11.5 Å². The maximum Gasteiger partial charge on any atom is 0.262 e. The summed E-state index contributed by atoms with van der Waals surface area (Å²) in [6.07, 6.45) is 8.73. The van der Waals surface area contributed by atoms with Crippen LogP contribution in [-0.2, 0) is 4.74 Å². The van der Waals surface area contributed by atoms with Crippen molar-refractivity contribution < 1.29 is 27.8 Å². The highest BCUT2D eigenvalue weighted by atomic mass is 19.1. The van der Waals surface area contributed by atoms with Crippen LogP contribution in [0.2, 0.25) is 0 Å². The molecule has 0 saturated carbocycles. The zero-order valence-corrected chi connectivity index (χ0v) is 29.0. The second kappa shape index (κ2) is 22.1. The van der Waals surface area contributed by atoms with Gasteiger partial charge >= 0.3 is 0 Å². The van der Waals surface area contributed by atoms with Crippen molar-refractivity contribution in [3.05, 3.63) is 127 Å². The number of amides is 1. The topological polar surface area (TPSA) is 51.2 Å². The first-order valence-electron chi connectivity index (χ1n) is 16.1. The highest BCUT2D eigenvalue weighted by Gasteiger charge is 2.25. The van der Waals surface area contributed by atoms with Crippen molar-refractivity contribution >= 4 is 11.6 Å². The van der Waals surface area contributed by atoms with Crippen molar-refractivity contribution in [2.24, 2.45) is 0 Å². The fourth-order valence-corrected chi connectivity index (χ4v) is 4.89. The van der Waals surface area contributed by atoms with Crippen LogP contribution < -0.4 is 14.4 Å². The lowest BCUT2D eigenvalue weighted by atomic mass is 10.0. The molecule has 5 rings (SSSR count). The van der Waals surface area contributed by atoms with E-state index in [1.54, 1.807) is 81.5 Å². The van der Waals surface area contributed by atoms with Gasteiger partial charge in [-0.1, -0.05) is 48.6 Å². The van der Waals surface area contributed by atoms with Gasteiger partial charge < -0.3 is 19.1 Å². The molecular formula is C40H50F2N2O4. The molecule has 1 fully saturated rings. The van der Waals surface area contributed by atoms with Crippen LogP contribution in [-0.4, -0.2) is 64.4 Å². The Hall–Kier alpha value is -4.53. The molecule has 1 saturated heterocycles. The number of carbonyl (C=O) groups is 1. The Kier molecular flexibility index (Phi) is 18.3. The number of hydrogen-bond donors (Lipinski definition) is 0. The second-order valence-corrected chi connectivity index (χ2v) is 11.1. The number of anilines is 1. The predicted molar refractivity (Wildman–Crippen MR) is 194 cm³/mol. The van der Waals surface area contributed by atoms with E-state index in [9.17, 15) is 13.6 Å². The zero-order chi connectivity index (χ0) is 35.3. The van der Waals surface area contributed by atoms with E-state index in [0.717, 1.165) is 36.6 Å². The molecule has 0 aliphatic carbocycles. The second-order valence-electron chi connectivity index (χ2n) is 11.1. The molecule has 48 heavy (non-hydrogen) atoms. The quantitative estimate of drug-likeness (QED) is 0.178. The van der Waals surface area contributed by atoms with Crippen LogP contribution in [0.3, 0.4) is 0 Å². The van der Waals surface area contributed by atoms with E-state index in [0.29, 0.717) is 42.2 Å². The molecule has 0 atom stereocenters. The van der Waals surface area contributed by atoms with Crippen molar-refractivity contribution in [1.29, 1.82) is 0 Å². The summed E-state index contributed by atoms with van der Waals surface area (Å²) in [7, 11) is 3.25. The Morgan fingerprint density at radius 2 is 1.62 bits per heavy atom. The number of ether oxygens (including phenoxy) is 3. The number of nitrogens with zero attached hydrogens (tertiary/aromatic N) is 2. The Bertz CT molecular complexity index is 1500. The lowest BCUT2D eigenvalue weighted by Crippen LogP contribution is -2.32. The van der Waals surface area contributed by atoms with E-state index >= 15 is 0 Å². The smallest absolute Gasteiger partial charge is 0.262 e. The Morgan fingerprint density at radius 1 is 0.979 bits per heavy atom. The van der Waals surface area contributed by atoms with E-state index in [-0.39, 0.29) is 17.6 Å². The van der Waals surface area contributed by atoms with Gasteiger partial charge in [0.15, 0.2) is 0 Å². The van der Waals surface area contributed by atoms with E-state index in [1.807, 2.05) is 31.2 Å². The molecule has 3 aromatic rings. The average molecular weight is 661 g/mol. The Morgan fingerprint density at radius 3 is 2.23 bits per heavy atom. The minimum absolute atomic E-state index is 0.134. The molecule has 0 aromatic heterocycles. The summed E-state index contributed by atoms with van der Waals surface area (Å²) in [6, 6.07) is 19.4. The van der Waals surface area contributed by atoms with Crippen molar-refractivity contribution in [3.8, 4) is 22.6 Å². The van der Waals surface area contributed by atoms with Gasteiger partial charge in [-0.05, 0) is 107 Å². The molecule has 0 spiro atoms. The molecular weight excluding hydrogens is 610 g/mol. The van der Waals surface area contributed by atoms with Crippen molar-refractivity contribution in [2.45, 2.75) is 33.6 Å². The number of halogens is 2. The van der Waals surface area contributed by atoms with Gasteiger partial charge in [0.05, 0.1) is 12.1 Å². The molecule has 2 heterocycles. The predicted octanol–water partition coefficient (Wildman–Crippen LogP) is 9.45. The van der Waals surface area contributed by atoms with Gasteiger partial charge in [-0.2, -0.15) is 0 Å². The lowest BCUT2D eigenvalue weighted by Gasteiger charge is -2.20. The summed E-state index contributed by atoms with van der Waals surface area (Å²) in [5.74, 6) is 0.591. The normalized spacial score (nSPS) is 14.2. The summed E-state index contributed by atoms with van der Waals surface area (Å²) in [4.78, 5) is 17.4. The number of allylic oxidation sites excluding steroid dienone is 6. The first-order valence-corrected chi connectivity index (χ1v) is 16.1.